The van der Waals surface area contributed by atoms with E-state index in [0.29, 0.717) is 24.3 Å². The standard InChI is InChI=1S/C17H24ClN3O3S/c18-16-11-14(19-25(23)24)5-6-15(16)17(22)21-9-7-20(8-10-21)12-13-3-1-2-4-13/h5-6,11,13,19H,1-4,7-10,12H2,(H,23,24). The molecule has 1 saturated heterocycles. The van der Waals surface area contributed by atoms with Crippen LogP contribution in [0, 0.1) is 5.92 Å². The van der Waals surface area contributed by atoms with Gasteiger partial charge in [0.15, 0.2) is 0 Å². The highest BCUT2D eigenvalue weighted by atomic mass is 35.5. The molecule has 1 aliphatic heterocycles. The van der Waals surface area contributed by atoms with Gasteiger partial charge in [0.25, 0.3) is 17.2 Å². The Balaban J connectivity index is 1.56. The zero-order chi connectivity index (χ0) is 17.8. The van der Waals surface area contributed by atoms with Crippen molar-refractivity contribution in [3.05, 3.63) is 28.8 Å². The number of nitrogens with zero attached hydrogens (tertiary/aromatic N) is 2. The fourth-order valence-corrected chi connectivity index (χ4v) is 4.30. The van der Waals surface area contributed by atoms with Crippen molar-refractivity contribution in [3.63, 3.8) is 0 Å². The van der Waals surface area contributed by atoms with Gasteiger partial charge in [0, 0.05) is 38.4 Å². The molecular weight excluding hydrogens is 362 g/mol. The second-order valence-corrected chi connectivity index (χ2v) is 7.90. The summed E-state index contributed by atoms with van der Waals surface area (Å²) in [7, 11) is 0. The first-order valence-electron chi connectivity index (χ1n) is 8.71. The third-order valence-electron chi connectivity index (χ3n) is 5.06. The van der Waals surface area contributed by atoms with Crippen LogP contribution < -0.4 is 4.72 Å². The number of benzene rings is 1. The molecular formula is C17H24ClN3O3S. The van der Waals surface area contributed by atoms with Crippen LogP contribution in [0.4, 0.5) is 5.69 Å². The molecule has 1 aliphatic carbocycles. The first-order valence-corrected chi connectivity index (χ1v) is 10.2. The maximum atomic E-state index is 12.7. The van der Waals surface area contributed by atoms with Crippen LogP contribution in [0.1, 0.15) is 36.0 Å². The lowest BCUT2D eigenvalue weighted by molar-refractivity contribution is 0.0618. The van der Waals surface area contributed by atoms with E-state index in [4.69, 9.17) is 16.2 Å². The molecule has 2 aliphatic rings. The normalized spacial score (nSPS) is 20.6. The van der Waals surface area contributed by atoms with Gasteiger partial charge < -0.3 is 4.90 Å². The summed E-state index contributed by atoms with van der Waals surface area (Å²) in [6, 6.07) is 4.69. The van der Waals surface area contributed by atoms with Gasteiger partial charge >= 0.3 is 0 Å². The first-order chi connectivity index (χ1) is 12.0. The van der Waals surface area contributed by atoms with E-state index < -0.39 is 11.3 Å². The van der Waals surface area contributed by atoms with Gasteiger partial charge in [-0.25, -0.2) is 4.21 Å². The van der Waals surface area contributed by atoms with Gasteiger partial charge in [-0.1, -0.05) is 24.4 Å². The Morgan fingerprint density at radius 3 is 2.52 bits per heavy atom. The SMILES string of the molecule is O=C(c1ccc(NS(=O)O)cc1Cl)N1CCN(CC2CCCC2)CC1. The molecule has 8 heteroatoms. The van der Waals surface area contributed by atoms with Crippen LogP contribution in [0.25, 0.3) is 0 Å². The summed E-state index contributed by atoms with van der Waals surface area (Å²) in [5.41, 5.74) is 0.837. The van der Waals surface area contributed by atoms with E-state index in [1.165, 1.54) is 31.7 Å². The molecule has 1 unspecified atom stereocenters. The van der Waals surface area contributed by atoms with E-state index in [0.717, 1.165) is 25.6 Å². The first kappa shape index (κ1) is 18.6. The number of amides is 1. The highest BCUT2D eigenvalue weighted by Crippen LogP contribution is 2.26. The molecule has 1 atom stereocenters. The molecule has 1 aromatic carbocycles. The van der Waals surface area contributed by atoms with Gasteiger partial charge in [-0.15, -0.1) is 0 Å². The minimum Gasteiger partial charge on any atom is -0.336 e. The summed E-state index contributed by atoms with van der Waals surface area (Å²) in [4.78, 5) is 17.0. The summed E-state index contributed by atoms with van der Waals surface area (Å²) in [6.07, 6.45) is 5.40. The number of rotatable bonds is 5. The summed E-state index contributed by atoms with van der Waals surface area (Å²) < 4.78 is 22.0. The van der Waals surface area contributed by atoms with Gasteiger partial charge in [0.1, 0.15) is 0 Å². The van der Waals surface area contributed by atoms with Crippen LogP contribution in [-0.2, 0) is 11.3 Å². The maximum absolute atomic E-state index is 12.7. The van der Waals surface area contributed by atoms with Crippen molar-refractivity contribution in [2.45, 2.75) is 25.7 Å². The zero-order valence-electron chi connectivity index (χ0n) is 14.1. The topological polar surface area (TPSA) is 72.9 Å². The van der Waals surface area contributed by atoms with E-state index in [1.54, 1.807) is 12.1 Å². The minimum absolute atomic E-state index is 0.0813. The fraction of sp³-hybridized carbons (Fsp3) is 0.588. The van der Waals surface area contributed by atoms with Crippen molar-refractivity contribution in [2.24, 2.45) is 5.92 Å². The predicted octanol–water partition coefficient (Wildman–Crippen LogP) is 2.84. The molecule has 0 aromatic heterocycles. The number of carbonyl (C=O) groups is 1. The molecule has 2 N–H and O–H groups in total. The second kappa shape index (κ2) is 8.49. The van der Waals surface area contributed by atoms with Crippen molar-refractivity contribution in [1.29, 1.82) is 0 Å². The predicted molar refractivity (Wildman–Crippen MR) is 100 cm³/mol. The third-order valence-corrected chi connectivity index (χ3v) is 5.78. The van der Waals surface area contributed by atoms with Crippen molar-refractivity contribution < 1.29 is 13.6 Å². The number of carbonyl (C=O) groups excluding carboxylic acids is 1. The Morgan fingerprint density at radius 1 is 1.24 bits per heavy atom. The lowest BCUT2D eigenvalue weighted by Gasteiger charge is -2.36. The van der Waals surface area contributed by atoms with E-state index in [-0.39, 0.29) is 10.9 Å². The largest absolute Gasteiger partial charge is 0.336 e. The van der Waals surface area contributed by atoms with Crippen LogP contribution in [0.15, 0.2) is 18.2 Å². The Kier molecular flexibility index (Phi) is 6.33. The van der Waals surface area contributed by atoms with Gasteiger partial charge in [-0.2, -0.15) is 0 Å². The highest BCUT2D eigenvalue weighted by molar-refractivity contribution is 7.80. The Bertz CT molecular complexity index is 644. The monoisotopic (exact) mass is 385 g/mol. The molecule has 0 bridgehead atoms. The average Bonchev–Trinajstić information content (AvgIpc) is 3.07. The number of hydrogen-bond acceptors (Lipinski definition) is 3. The number of piperazine rings is 1. The Labute approximate surface area is 155 Å². The van der Waals surface area contributed by atoms with Crippen LogP contribution in [-0.4, -0.2) is 57.2 Å². The second-order valence-electron chi connectivity index (χ2n) is 6.79. The van der Waals surface area contributed by atoms with Crippen molar-refractivity contribution in [3.8, 4) is 0 Å². The van der Waals surface area contributed by atoms with Crippen molar-refractivity contribution >= 4 is 34.5 Å². The number of anilines is 1. The van der Waals surface area contributed by atoms with Gasteiger partial charge in [0.05, 0.1) is 10.6 Å². The number of hydrogen-bond donors (Lipinski definition) is 2. The molecule has 1 saturated carbocycles. The number of halogens is 1. The summed E-state index contributed by atoms with van der Waals surface area (Å²) >= 11 is 4.03. The molecule has 3 rings (SSSR count). The van der Waals surface area contributed by atoms with Crippen LogP contribution in [0.3, 0.4) is 0 Å². The highest BCUT2D eigenvalue weighted by Gasteiger charge is 2.26. The van der Waals surface area contributed by atoms with Gasteiger partial charge in [0.2, 0.25) is 0 Å². The van der Waals surface area contributed by atoms with Crippen LogP contribution >= 0.6 is 11.6 Å². The molecule has 25 heavy (non-hydrogen) atoms. The smallest absolute Gasteiger partial charge is 0.259 e. The molecule has 1 aromatic rings. The maximum Gasteiger partial charge on any atom is 0.259 e. The summed E-state index contributed by atoms with van der Waals surface area (Å²) in [5, 5.41) is 0.286. The molecule has 6 nitrogen and oxygen atoms in total. The summed E-state index contributed by atoms with van der Waals surface area (Å²) in [6.45, 7) is 4.39. The van der Waals surface area contributed by atoms with Crippen molar-refractivity contribution in [2.75, 3.05) is 37.4 Å². The lowest BCUT2D eigenvalue weighted by Crippen LogP contribution is -2.49. The molecule has 0 spiro atoms. The molecule has 2 fully saturated rings. The van der Waals surface area contributed by atoms with E-state index in [9.17, 15) is 9.00 Å². The minimum atomic E-state index is -2.16. The molecule has 1 amide bonds. The fourth-order valence-electron chi connectivity index (χ4n) is 3.71. The van der Waals surface area contributed by atoms with E-state index in [1.807, 2.05) is 4.90 Å². The van der Waals surface area contributed by atoms with Gasteiger partial charge in [-0.05, 0) is 37.0 Å². The van der Waals surface area contributed by atoms with Crippen LogP contribution in [0.2, 0.25) is 5.02 Å². The third kappa shape index (κ3) is 4.94. The Morgan fingerprint density at radius 2 is 1.92 bits per heavy atom. The van der Waals surface area contributed by atoms with Crippen LogP contribution in [0.5, 0.6) is 0 Å². The molecule has 138 valence electrons. The van der Waals surface area contributed by atoms with E-state index in [2.05, 4.69) is 9.62 Å². The quantitative estimate of drug-likeness (QED) is 0.764. The Hall–Kier alpha value is -1.15. The summed E-state index contributed by atoms with van der Waals surface area (Å²) in [5.74, 6) is 0.746. The molecule has 1 heterocycles. The lowest BCUT2D eigenvalue weighted by atomic mass is 10.1. The van der Waals surface area contributed by atoms with Crippen molar-refractivity contribution in [1.82, 2.24) is 9.80 Å². The number of nitrogens with one attached hydrogen (secondary N) is 1. The zero-order valence-corrected chi connectivity index (χ0v) is 15.7. The van der Waals surface area contributed by atoms with E-state index >= 15 is 0 Å². The molecule has 0 radical (unpaired) electrons. The van der Waals surface area contributed by atoms with Gasteiger partial charge in [-0.3, -0.25) is 19.0 Å². The average molecular weight is 386 g/mol.